The number of fused-ring (bicyclic) bond motifs is 3. The number of nitrogens with zero attached hydrogens (tertiary/aromatic N) is 1. The molecule has 20 heavy (non-hydrogen) atoms. The van der Waals surface area contributed by atoms with Crippen LogP contribution in [-0.4, -0.2) is 30.6 Å². The van der Waals surface area contributed by atoms with Gasteiger partial charge in [-0.05, 0) is 47.3 Å². The van der Waals surface area contributed by atoms with Crippen molar-refractivity contribution in [2.24, 2.45) is 0 Å². The first-order chi connectivity index (χ1) is 9.65. The van der Waals surface area contributed by atoms with E-state index in [1.165, 1.54) is 21.5 Å². The smallest absolute Gasteiger partial charge is 0.0916 e. The van der Waals surface area contributed by atoms with Crippen LogP contribution in [0.3, 0.4) is 0 Å². The second-order valence-corrected chi connectivity index (χ2v) is 5.55. The molecule has 0 aromatic heterocycles. The predicted octanol–water partition coefficient (Wildman–Crippen LogP) is 3.59. The van der Waals surface area contributed by atoms with Gasteiger partial charge >= 0.3 is 0 Å². The summed E-state index contributed by atoms with van der Waals surface area (Å²) in [6.45, 7) is 0.638. The van der Waals surface area contributed by atoms with E-state index in [4.69, 9.17) is 0 Å². The van der Waals surface area contributed by atoms with Crippen LogP contribution in [0.5, 0.6) is 0 Å². The van der Waals surface area contributed by atoms with Crippen LogP contribution in [0.1, 0.15) is 11.7 Å². The Balaban J connectivity index is 2.10. The largest absolute Gasteiger partial charge is 0.387 e. The lowest BCUT2D eigenvalue weighted by Gasteiger charge is -2.17. The number of aliphatic hydroxyl groups is 1. The molecular weight excluding hydrogens is 246 g/mol. The van der Waals surface area contributed by atoms with Crippen LogP contribution in [0.2, 0.25) is 0 Å². The summed E-state index contributed by atoms with van der Waals surface area (Å²) in [5.74, 6) is 0. The molecule has 0 aliphatic carbocycles. The molecule has 2 nitrogen and oxygen atoms in total. The number of hydrogen-bond acceptors (Lipinski definition) is 2. The summed E-state index contributed by atoms with van der Waals surface area (Å²) in [5, 5.41) is 15.2. The van der Waals surface area contributed by atoms with Gasteiger partial charge in [0.15, 0.2) is 0 Å². The average molecular weight is 265 g/mol. The van der Waals surface area contributed by atoms with Crippen LogP contribution in [-0.2, 0) is 0 Å². The quantitative estimate of drug-likeness (QED) is 0.732. The Hall–Kier alpha value is -1.90. The van der Waals surface area contributed by atoms with Gasteiger partial charge in [-0.3, -0.25) is 0 Å². The second-order valence-electron chi connectivity index (χ2n) is 5.55. The zero-order valence-corrected chi connectivity index (χ0v) is 11.9. The maximum atomic E-state index is 10.2. The molecule has 3 aromatic carbocycles. The second kappa shape index (κ2) is 5.23. The van der Waals surface area contributed by atoms with Gasteiger partial charge in [0.2, 0.25) is 0 Å². The van der Waals surface area contributed by atoms with Crippen molar-refractivity contribution in [3.63, 3.8) is 0 Å². The van der Waals surface area contributed by atoms with Crippen molar-refractivity contribution in [1.82, 2.24) is 4.90 Å². The molecule has 1 unspecified atom stereocenters. The van der Waals surface area contributed by atoms with Gasteiger partial charge in [0.25, 0.3) is 0 Å². The van der Waals surface area contributed by atoms with Gasteiger partial charge in [-0.1, -0.05) is 48.5 Å². The van der Waals surface area contributed by atoms with Gasteiger partial charge in [0, 0.05) is 6.54 Å². The Labute approximate surface area is 119 Å². The number of benzene rings is 3. The molecule has 1 atom stereocenters. The molecule has 0 bridgehead atoms. The van der Waals surface area contributed by atoms with E-state index in [2.05, 4.69) is 48.5 Å². The van der Waals surface area contributed by atoms with Gasteiger partial charge in [-0.15, -0.1) is 0 Å². The number of aliphatic hydroxyl groups excluding tert-OH is 1. The Morgan fingerprint density at radius 3 is 2.40 bits per heavy atom. The van der Waals surface area contributed by atoms with Crippen molar-refractivity contribution in [3.05, 3.63) is 60.2 Å². The fourth-order valence-electron chi connectivity index (χ4n) is 2.69. The number of rotatable bonds is 3. The lowest BCUT2D eigenvalue weighted by Crippen LogP contribution is -2.19. The third kappa shape index (κ3) is 2.40. The van der Waals surface area contributed by atoms with E-state index in [0.29, 0.717) is 6.54 Å². The highest BCUT2D eigenvalue weighted by atomic mass is 16.3. The molecule has 0 fully saturated rings. The van der Waals surface area contributed by atoms with Crippen LogP contribution in [0, 0.1) is 0 Å². The van der Waals surface area contributed by atoms with Crippen LogP contribution in [0.4, 0.5) is 0 Å². The molecule has 0 aliphatic heterocycles. The minimum absolute atomic E-state index is 0.444. The van der Waals surface area contributed by atoms with Crippen molar-refractivity contribution in [2.75, 3.05) is 20.6 Å². The van der Waals surface area contributed by atoms with E-state index in [0.717, 1.165) is 5.56 Å². The first-order valence-electron chi connectivity index (χ1n) is 6.89. The fourth-order valence-corrected chi connectivity index (χ4v) is 2.69. The van der Waals surface area contributed by atoms with E-state index in [1.54, 1.807) is 0 Å². The minimum Gasteiger partial charge on any atom is -0.387 e. The van der Waals surface area contributed by atoms with Gasteiger partial charge in [0.1, 0.15) is 0 Å². The van der Waals surface area contributed by atoms with E-state index >= 15 is 0 Å². The maximum Gasteiger partial charge on any atom is 0.0916 e. The molecule has 2 heteroatoms. The molecule has 0 saturated carbocycles. The fraction of sp³-hybridized carbons (Fsp3) is 0.222. The molecule has 0 spiro atoms. The summed E-state index contributed by atoms with van der Waals surface area (Å²) < 4.78 is 0. The first kappa shape index (κ1) is 13.1. The summed E-state index contributed by atoms with van der Waals surface area (Å²) in [6.07, 6.45) is -0.444. The van der Waals surface area contributed by atoms with E-state index < -0.39 is 6.10 Å². The summed E-state index contributed by atoms with van der Waals surface area (Å²) in [4.78, 5) is 2.00. The molecule has 3 aromatic rings. The Bertz CT molecular complexity index is 749. The normalized spacial score (nSPS) is 13.2. The first-order valence-corrected chi connectivity index (χ1v) is 6.89. The SMILES string of the molecule is CN(C)CC(O)c1ccc2c(ccc3ccccc32)c1. The van der Waals surface area contributed by atoms with E-state index in [9.17, 15) is 5.11 Å². The molecule has 102 valence electrons. The summed E-state index contributed by atoms with van der Waals surface area (Å²) in [5.41, 5.74) is 0.974. The third-order valence-electron chi connectivity index (χ3n) is 3.69. The third-order valence-corrected chi connectivity index (χ3v) is 3.69. The lowest BCUT2D eigenvalue weighted by atomic mass is 9.98. The molecule has 1 N–H and O–H groups in total. The van der Waals surface area contributed by atoms with Crippen LogP contribution in [0.25, 0.3) is 21.5 Å². The van der Waals surface area contributed by atoms with Gasteiger partial charge in [-0.2, -0.15) is 0 Å². The van der Waals surface area contributed by atoms with Crippen molar-refractivity contribution >= 4 is 21.5 Å². The summed E-state index contributed by atoms with van der Waals surface area (Å²) in [7, 11) is 3.94. The topological polar surface area (TPSA) is 23.5 Å². The van der Waals surface area contributed by atoms with Crippen molar-refractivity contribution in [2.45, 2.75) is 6.10 Å². The Kier molecular flexibility index (Phi) is 3.43. The van der Waals surface area contributed by atoms with Gasteiger partial charge < -0.3 is 10.0 Å². The van der Waals surface area contributed by atoms with Gasteiger partial charge in [-0.25, -0.2) is 0 Å². The molecule has 3 rings (SSSR count). The zero-order valence-electron chi connectivity index (χ0n) is 11.9. The highest BCUT2D eigenvalue weighted by molar-refractivity contribution is 6.07. The minimum atomic E-state index is -0.444. The van der Waals surface area contributed by atoms with E-state index in [1.807, 2.05) is 25.1 Å². The molecule has 0 heterocycles. The molecule has 0 aliphatic rings. The average Bonchev–Trinajstić information content (AvgIpc) is 2.45. The molecule has 0 amide bonds. The van der Waals surface area contributed by atoms with Crippen LogP contribution in [0.15, 0.2) is 54.6 Å². The zero-order chi connectivity index (χ0) is 14.1. The number of hydrogen-bond donors (Lipinski definition) is 1. The van der Waals surface area contributed by atoms with Crippen molar-refractivity contribution in [3.8, 4) is 0 Å². The standard InChI is InChI=1S/C18H19NO/c1-19(2)12-18(20)15-9-10-17-14(11-15)8-7-13-5-3-4-6-16(13)17/h3-11,18,20H,12H2,1-2H3. The number of likely N-dealkylation sites (N-methyl/N-ethyl adjacent to an activating group) is 1. The predicted molar refractivity (Wildman–Crippen MR) is 85.0 cm³/mol. The maximum absolute atomic E-state index is 10.2. The van der Waals surface area contributed by atoms with Crippen LogP contribution < -0.4 is 0 Å². The molecule has 0 radical (unpaired) electrons. The highest BCUT2D eigenvalue weighted by Gasteiger charge is 2.10. The summed E-state index contributed by atoms with van der Waals surface area (Å²) >= 11 is 0. The van der Waals surface area contributed by atoms with Crippen molar-refractivity contribution in [1.29, 1.82) is 0 Å². The van der Waals surface area contributed by atoms with E-state index in [-0.39, 0.29) is 0 Å². The van der Waals surface area contributed by atoms with Gasteiger partial charge in [0.05, 0.1) is 6.10 Å². The summed E-state index contributed by atoms with van der Waals surface area (Å²) in [6, 6.07) is 18.9. The Morgan fingerprint density at radius 2 is 1.60 bits per heavy atom. The Morgan fingerprint density at radius 1 is 0.900 bits per heavy atom. The van der Waals surface area contributed by atoms with Crippen molar-refractivity contribution < 1.29 is 5.11 Å². The molecular formula is C18H19NO. The monoisotopic (exact) mass is 265 g/mol. The highest BCUT2D eigenvalue weighted by Crippen LogP contribution is 2.27. The lowest BCUT2D eigenvalue weighted by molar-refractivity contribution is 0.138. The van der Waals surface area contributed by atoms with Crippen LogP contribution >= 0.6 is 0 Å². The molecule has 0 saturated heterocycles.